The van der Waals surface area contributed by atoms with E-state index in [9.17, 15) is 0 Å². The van der Waals surface area contributed by atoms with Gasteiger partial charge in [0, 0.05) is 11.8 Å². The van der Waals surface area contributed by atoms with Crippen molar-refractivity contribution in [2.45, 2.75) is 11.3 Å². The fraction of sp³-hybridized carbons (Fsp3) is 0.273. The van der Waals surface area contributed by atoms with Crippen molar-refractivity contribution in [1.29, 1.82) is 0 Å². The van der Waals surface area contributed by atoms with E-state index >= 15 is 0 Å². The highest BCUT2D eigenvalue weighted by Crippen LogP contribution is 2.28. The smallest absolute Gasteiger partial charge is 0.210 e. The Hall–Kier alpha value is -1.27. The van der Waals surface area contributed by atoms with Crippen LogP contribution in [0.1, 0.15) is 6.92 Å². The number of hydrogen-bond donors (Lipinski definition) is 1. The molecule has 0 aliphatic rings. The number of nitrogens with zero attached hydrogens (tertiary/aromatic N) is 2. The Morgan fingerprint density at radius 1 is 1.41 bits per heavy atom. The van der Waals surface area contributed by atoms with E-state index in [1.807, 2.05) is 24.3 Å². The van der Waals surface area contributed by atoms with Crippen molar-refractivity contribution in [3.05, 3.63) is 24.3 Å². The van der Waals surface area contributed by atoms with Gasteiger partial charge in [0.15, 0.2) is 4.34 Å². The summed E-state index contributed by atoms with van der Waals surface area (Å²) in [4.78, 5) is 0. The molecule has 1 N–H and O–H groups in total. The Labute approximate surface area is 108 Å². The molecule has 0 saturated heterocycles. The number of thioether (sulfide) groups is 1. The molecule has 1 aromatic heterocycles. The Morgan fingerprint density at radius 2 is 2.29 bits per heavy atom. The number of benzene rings is 1. The summed E-state index contributed by atoms with van der Waals surface area (Å²) in [6, 6.07) is 7.73. The molecule has 2 aromatic rings. The summed E-state index contributed by atoms with van der Waals surface area (Å²) in [6.45, 7) is 2.10. The topological polar surface area (TPSA) is 47.0 Å². The molecule has 0 spiro atoms. The maximum absolute atomic E-state index is 5.16. The minimum Gasteiger partial charge on any atom is -0.497 e. The SMILES string of the molecule is CCSc1nnc(Nc2cccc(OC)c2)s1. The van der Waals surface area contributed by atoms with E-state index in [4.69, 9.17) is 4.74 Å². The van der Waals surface area contributed by atoms with Crippen molar-refractivity contribution in [3.63, 3.8) is 0 Å². The van der Waals surface area contributed by atoms with E-state index in [0.717, 1.165) is 26.7 Å². The average molecular weight is 267 g/mol. The van der Waals surface area contributed by atoms with E-state index in [2.05, 4.69) is 22.4 Å². The molecule has 0 bridgehead atoms. The molecule has 0 amide bonds. The molecular weight excluding hydrogens is 254 g/mol. The van der Waals surface area contributed by atoms with Gasteiger partial charge in [-0.3, -0.25) is 0 Å². The van der Waals surface area contributed by atoms with Gasteiger partial charge in [-0.2, -0.15) is 0 Å². The summed E-state index contributed by atoms with van der Waals surface area (Å²) in [7, 11) is 1.65. The first-order valence-electron chi connectivity index (χ1n) is 5.19. The molecule has 2 rings (SSSR count). The van der Waals surface area contributed by atoms with Crippen LogP contribution in [0.2, 0.25) is 0 Å². The van der Waals surface area contributed by atoms with Gasteiger partial charge in [-0.15, -0.1) is 10.2 Å². The molecule has 0 aliphatic carbocycles. The summed E-state index contributed by atoms with van der Waals surface area (Å²) in [5.74, 6) is 1.83. The molecule has 4 nitrogen and oxygen atoms in total. The zero-order chi connectivity index (χ0) is 12.1. The van der Waals surface area contributed by atoms with Crippen molar-refractivity contribution in [3.8, 4) is 5.75 Å². The van der Waals surface area contributed by atoms with E-state index in [1.165, 1.54) is 0 Å². The predicted octanol–water partition coefficient (Wildman–Crippen LogP) is 3.40. The summed E-state index contributed by atoms with van der Waals surface area (Å²) < 4.78 is 6.14. The van der Waals surface area contributed by atoms with Gasteiger partial charge in [0.1, 0.15) is 5.75 Å². The lowest BCUT2D eigenvalue weighted by molar-refractivity contribution is 0.415. The predicted molar refractivity (Wildman–Crippen MR) is 72.6 cm³/mol. The summed E-state index contributed by atoms with van der Waals surface area (Å²) in [5.41, 5.74) is 0.952. The molecule has 1 heterocycles. The standard InChI is InChI=1S/C11H13N3OS2/c1-3-16-11-14-13-10(17-11)12-8-5-4-6-9(7-8)15-2/h4-7H,3H2,1-2H3,(H,12,13). The Kier molecular flexibility index (Phi) is 4.22. The number of hydrogen-bond acceptors (Lipinski definition) is 6. The third kappa shape index (κ3) is 3.34. The fourth-order valence-electron chi connectivity index (χ4n) is 1.27. The van der Waals surface area contributed by atoms with E-state index in [0.29, 0.717) is 0 Å². The number of anilines is 2. The first-order valence-corrected chi connectivity index (χ1v) is 6.99. The lowest BCUT2D eigenvalue weighted by atomic mass is 10.3. The first kappa shape index (κ1) is 12.2. The quantitative estimate of drug-likeness (QED) is 0.841. The van der Waals surface area contributed by atoms with Gasteiger partial charge in [-0.1, -0.05) is 36.1 Å². The number of ether oxygens (including phenoxy) is 1. The van der Waals surface area contributed by atoms with Gasteiger partial charge in [0.05, 0.1) is 7.11 Å². The highest BCUT2D eigenvalue weighted by Gasteiger charge is 2.04. The van der Waals surface area contributed by atoms with Crippen molar-refractivity contribution in [2.75, 3.05) is 18.2 Å². The van der Waals surface area contributed by atoms with Gasteiger partial charge in [0.25, 0.3) is 0 Å². The van der Waals surface area contributed by atoms with Crippen LogP contribution in [-0.4, -0.2) is 23.1 Å². The van der Waals surface area contributed by atoms with Gasteiger partial charge >= 0.3 is 0 Å². The third-order valence-corrected chi connectivity index (χ3v) is 3.85. The average Bonchev–Trinajstić information content (AvgIpc) is 2.77. The highest BCUT2D eigenvalue weighted by atomic mass is 32.2. The molecule has 0 unspecified atom stereocenters. The normalized spacial score (nSPS) is 10.2. The molecule has 0 aliphatic heterocycles. The number of methoxy groups -OCH3 is 1. The molecule has 0 saturated carbocycles. The number of rotatable bonds is 5. The number of nitrogens with one attached hydrogen (secondary N) is 1. The summed E-state index contributed by atoms with van der Waals surface area (Å²) >= 11 is 3.25. The molecule has 6 heteroatoms. The van der Waals surface area contributed by atoms with Crippen molar-refractivity contribution < 1.29 is 4.74 Å². The molecule has 0 fully saturated rings. The Balaban J connectivity index is 2.08. The minimum atomic E-state index is 0.800. The fourth-order valence-corrected chi connectivity index (χ4v) is 2.94. The van der Waals surface area contributed by atoms with Crippen LogP contribution >= 0.6 is 23.1 Å². The first-order chi connectivity index (χ1) is 8.31. The van der Waals surface area contributed by atoms with Crippen molar-refractivity contribution >= 4 is 33.9 Å². The second kappa shape index (κ2) is 5.88. The largest absolute Gasteiger partial charge is 0.497 e. The molecule has 1 aromatic carbocycles. The monoisotopic (exact) mass is 267 g/mol. The summed E-state index contributed by atoms with van der Waals surface area (Å²) in [6.07, 6.45) is 0. The van der Waals surface area contributed by atoms with E-state index in [1.54, 1.807) is 30.2 Å². The molecule has 0 radical (unpaired) electrons. The molecule has 90 valence electrons. The molecular formula is C11H13N3OS2. The second-order valence-electron chi connectivity index (χ2n) is 3.16. The lowest BCUT2D eigenvalue weighted by Gasteiger charge is -2.04. The van der Waals surface area contributed by atoms with Crippen LogP contribution in [0.5, 0.6) is 5.75 Å². The third-order valence-electron chi connectivity index (χ3n) is 2.00. The van der Waals surface area contributed by atoms with Crippen LogP contribution in [0, 0.1) is 0 Å². The molecule has 0 atom stereocenters. The molecule has 17 heavy (non-hydrogen) atoms. The van der Waals surface area contributed by atoms with Crippen LogP contribution < -0.4 is 10.1 Å². The van der Waals surface area contributed by atoms with Crippen LogP contribution in [0.15, 0.2) is 28.6 Å². The van der Waals surface area contributed by atoms with Gasteiger partial charge < -0.3 is 10.1 Å². The zero-order valence-corrected chi connectivity index (χ0v) is 11.3. The lowest BCUT2D eigenvalue weighted by Crippen LogP contribution is -1.90. The van der Waals surface area contributed by atoms with Crippen LogP contribution in [0.4, 0.5) is 10.8 Å². The van der Waals surface area contributed by atoms with Crippen molar-refractivity contribution in [1.82, 2.24) is 10.2 Å². The van der Waals surface area contributed by atoms with Gasteiger partial charge in [0.2, 0.25) is 5.13 Å². The van der Waals surface area contributed by atoms with Gasteiger partial charge in [-0.25, -0.2) is 0 Å². The van der Waals surface area contributed by atoms with E-state index in [-0.39, 0.29) is 0 Å². The zero-order valence-electron chi connectivity index (χ0n) is 9.64. The number of aromatic nitrogens is 2. The van der Waals surface area contributed by atoms with Gasteiger partial charge in [-0.05, 0) is 17.9 Å². The second-order valence-corrected chi connectivity index (χ2v) is 5.65. The van der Waals surface area contributed by atoms with Crippen LogP contribution in [0.25, 0.3) is 0 Å². The van der Waals surface area contributed by atoms with Crippen LogP contribution in [-0.2, 0) is 0 Å². The maximum Gasteiger partial charge on any atom is 0.210 e. The Bertz CT molecular complexity index is 487. The maximum atomic E-state index is 5.16. The van der Waals surface area contributed by atoms with E-state index < -0.39 is 0 Å². The Morgan fingerprint density at radius 3 is 3.06 bits per heavy atom. The van der Waals surface area contributed by atoms with Crippen LogP contribution in [0.3, 0.4) is 0 Å². The summed E-state index contributed by atoms with van der Waals surface area (Å²) in [5, 5.41) is 12.2. The van der Waals surface area contributed by atoms with Crippen molar-refractivity contribution in [2.24, 2.45) is 0 Å². The highest BCUT2D eigenvalue weighted by molar-refractivity contribution is 8.01. The minimum absolute atomic E-state index is 0.800.